The molecule has 2 amide bonds. The lowest BCUT2D eigenvalue weighted by Crippen LogP contribution is -2.43. The van der Waals surface area contributed by atoms with E-state index in [0.29, 0.717) is 42.2 Å². The van der Waals surface area contributed by atoms with Crippen molar-refractivity contribution in [2.75, 3.05) is 24.6 Å². The number of fused-ring (bicyclic) bond motifs is 3. The summed E-state index contributed by atoms with van der Waals surface area (Å²) in [6.07, 6.45) is 0.466. The highest BCUT2D eigenvalue weighted by Crippen LogP contribution is 2.31. The zero-order chi connectivity index (χ0) is 27.8. The predicted octanol–water partition coefficient (Wildman–Crippen LogP) is 2.10. The van der Waals surface area contributed by atoms with Crippen LogP contribution in [0.15, 0.2) is 65.7 Å². The lowest BCUT2D eigenvalue weighted by Gasteiger charge is -2.29. The van der Waals surface area contributed by atoms with Gasteiger partial charge in [-0.25, -0.2) is 15.0 Å². The summed E-state index contributed by atoms with van der Waals surface area (Å²) in [5.74, 6) is 1.81. The molecule has 6 rings (SSSR count). The molecule has 0 fully saturated rings. The fourth-order valence-corrected chi connectivity index (χ4v) is 4.82. The summed E-state index contributed by atoms with van der Waals surface area (Å²) in [6, 6.07) is 18.2. The second kappa shape index (κ2) is 10.1. The van der Waals surface area contributed by atoms with Gasteiger partial charge in [-0.2, -0.15) is 0 Å². The van der Waals surface area contributed by atoms with Crippen LogP contribution >= 0.6 is 0 Å². The maximum atomic E-state index is 13.0. The molecule has 40 heavy (non-hydrogen) atoms. The van der Waals surface area contributed by atoms with Gasteiger partial charge in [0.2, 0.25) is 0 Å². The Morgan fingerprint density at radius 1 is 1.10 bits per heavy atom. The highest BCUT2D eigenvalue weighted by molar-refractivity contribution is 5.99. The molecule has 1 aliphatic rings. The molecule has 2 aromatic heterocycles. The van der Waals surface area contributed by atoms with Crippen LogP contribution in [0.4, 0.5) is 11.4 Å². The molecule has 0 bridgehead atoms. The number of rotatable bonds is 7. The molecule has 0 saturated carbocycles. The molecule has 0 aliphatic carbocycles. The maximum Gasteiger partial charge on any atom is 0.265 e. The number of H-pyrrole nitrogens is 1. The number of nitrogens with two attached hydrogens (primary N) is 2. The molecule has 202 valence electrons. The number of guanidine groups is 1. The number of aromatic nitrogens is 4. The first kappa shape index (κ1) is 24.9. The van der Waals surface area contributed by atoms with Gasteiger partial charge in [-0.05, 0) is 48.5 Å². The number of nitrogens with one attached hydrogen (secondary N) is 2. The van der Waals surface area contributed by atoms with Gasteiger partial charge in [0.1, 0.15) is 17.4 Å². The number of hydrogen-bond donors (Lipinski definition) is 4. The number of carbonyl (C=O) groups excluding carboxylic acids is 2. The molecule has 3 heterocycles. The van der Waals surface area contributed by atoms with Crippen LogP contribution in [0.2, 0.25) is 0 Å². The standard InChI is InChI=1S/C28H27N9O3/c1-36-22-12-16(27(39)31-10-11-37-21-4-2-3-5-23(21)40-15-26(37)38)6-8-19(22)35-25(36)14-24-33-18-9-7-17(32-28(29)30)13-20(18)34-24/h2-9,12-13H,10-11,14-15H2,1H3,(H,31,39)(H,33,34)(H4,29,30,32). The van der Waals surface area contributed by atoms with E-state index in [1.807, 2.05) is 60.1 Å². The summed E-state index contributed by atoms with van der Waals surface area (Å²) in [6.45, 7) is 0.621. The van der Waals surface area contributed by atoms with Crippen LogP contribution in [0, 0.1) is 0 Å². The highest BCUT2D eigenvalue weighted by Gasteiger charge is 2.25. The minimum atomic E-state index is -0.229. The monoisotopic (exact) mass is 537 g/mol. The maximum absolute atomic E-state index is 13.0. The number of anilines is 1. The third-order valence-electron chi connectivity index (χ3n) is 6.76. The SMILES string of the molecule is Cn1c(Cc2nc3ccc(N=C(N)N)cc3[nH]2)nc2ccc(C(=O)NCCN3C(=O)COc4ccccc43)cc21. The van der Waals surface area contributed by atoms with Crippen molar-refractivity contribution < 1.29 is 14.3 Å². The number of hydrogen-bond acceptors (Lipinski definition) is 6. The van der Waals surface area contributed by atoms with Gasteiger partial charge >= 0.3 is 0 Å². The summed E-state index contributed by atoms with van der Waals surface area (Å²) in [4.78, 5) is 43.8. The van der Waals surface area contributed by atoms with Gasteiger partial charge in [-0.1, -0.05) is 12.1 Å². The Hall–Kier alpha value is -5.39. The van der Waals surface area contributed by atoms with Gasteiger partial charge in [0, 0.05) is 25.7 Å². The summed E-state index contributed by atoms with van der Waals surface area (Å²) in [7, 11) is 1.91. The predicted molar refractivity (Wildman–Crippen MR) is 152 cm³/mol. The molecule has 1 aliphatic heterocycles. The smallest absolute Gasteiger partial charge is 0.265 e. The van der Waals surface area contributed by atoms with Gasteiger partial charge in [-0.15, -0.1) is 0 Å². The number of para-hydroxylation sites is 2. The number of imidazole rings is 2. The molecular formula is C28H27N9O3. The first-order chi connectivity index (χ1) is 19.4. The Bertz CT molecular complexity index is 1800. The number of benzene rings is 3. The van der Waals surface area contributed by atoms with E-state index in [1.165, 1.54) is 0 Å². The third-order valence-corrected chi connectivity index (χ3v) is 6.76. The largest absolute Gasteiger partial charge is 0.482 e. The number of amides is 2. The Morgan fingerprint density at radius 3 is 2.77 bits per heavy atom. The molecular weight excluding hydrogens is 510 g/mol. The number of aliphatic imine (C=N–C) groups is 1. The van der Waals surface area contributed by atoms with Crippen molar-refractivity contribution in [3.8, 4) is 5.75 Å². The van der Waals surface area contributed by atoms with Crippen LogP contribution < -0.4 is 26.4 Å². The second-order valence-electron chi connectivity index (χ2n) is 9.45. The molecule has 0 radical (unpaired) electrons. The van der Waals surface area contributed by atoms with Crippen molar-refractivity contribution in [2.24, 2.45) is 23.5 Å². The number of carbonyl (C=O) groups is 2. The Labute approximate surface area is 228 Å². The van der Waals surface area contributed by atoms with Crippen molar-refractivity contribution in [1.82, 2.24) is 24.8 Å². The number of aromatic amines is 1. The molecule has 0 atom stereocenters. The van der Waals surface area contributed by atoms with Gasteiger partial charge in [0.25, 0.3) is 11.8 Å². The normalized spacial score (nSPS) is 12.8. The first-order valence-electron chi connectivity index (χ1n) is 12.7. The van der Waals surface area contributed by atoms with E-state index in [9.17, 15) is 9.59 Å². The van der Waals surface area contributed by atoms with Crippen LogP contribution in [0.25, 0.3) is 22.1 Å². The lowest BCUT2D eigenvalue weighted by atomic mass is 10.2. The molecule has 6 N–H and O–H groups in total. The minimum Gasteiger partial charge on any atom is -0.482 e. The third kappa shape index (κ3) is 4.77. The van der Waals surface area contributed by atoms with E-state index in [-0.39, 0.29) is 24.4 Å². The Balaban J connectivity index is 1.15. The molecule has 0 spiro atoms. The van der Waals surface area contributed by atoms with Crippen molar-refractivity contribution in [3.05, 3.63) is 77.9 Å². The van der Waals surface area contributed by atoms with Gasteiger partial charge in [0.15, 0.2) is 12.6 Å². The molecule has 5 aromatic rings. The summed E-state index contributed by atoms with van der Waals surface area (Å²) in [5.41, 5.74) is 16.0. The number of ether oxygens (including phenoxy) is 1. The fourth-order valence-electron chi connectivity index (χ4n) is 4.82. The molecule has 12 nitrogen and oxygen atoms in total. The van der Waals surface area contributed by atoms with Gasteiger partial charge in [0.05, 0.1) is 39.9 Å². The summed E-state index contributed by atoms with van der Waals surface area (Å²) >= 11 is 0. The highest BCUT2D eigenvalue weighted by atomic mass is 16.5. The zero-order valence-corrected chi connectivity index (χ0v) is 21.7. The van der Waals surface area contributed by atoms with E-state index >= 15 is 0 Å². The number of nitrogens with zero attached hydrogens (tertiary/aromatic N) is 5. The van der Waals surface area contributed by atoms with Gasteiger partial charge in [-0.3, -0.25) is 9.59 Å². The quantitative estimate of drug-likeness (QED) is 0.182. The Kier molecular flexibility index (Phi) is 6.27. The van der Waals surface area contributed by atoms with Crippen molar-refractivity contribution in [1.29, 1.82) is 0 Å². The topological polar surface area (TPSA) is 170 Å². The van der Waals surface area contributed by atoms with Crippen molar-refractivity contribution in [2.45, 2.75) is 6.42 Å². The fraction of sp³-hybridized carbons (Fsp3) is 0.179. The van der Waals surface area contributed by atoms with Gasteiger partial charge < -0.3 is 36.0 Å². The molecule has 12 heteroatoms. The molecule has 0 saturated heterocycles. The van der Waals surface area contributed by atoms with Crippen LogP contribution in [0.5, 0.6) is 5.75 Å². The van der Waals surface area contributed by atoms with E-state index in [4.69, 9.17) is 21.2 Å². The average molecular weight is 538 g/mol. The van der Waals surface area contributed by atoms with Crippen LogP contribution in [0.3, 0.4) is 0 Å². The molecule has 3 aromatic carbocycles. The van der Waals surface area contributed by atoms with E-state index in [0.717, 1.165) is 33.7 Å². The molecule has 0 unspecified atom stereocenters. The first-order valence-corrected chi connectivity index (χ1v) is 12.7. The van der Waals surface area contributed by atoms with Crippen LogP contribution in [-0.2, 0) is 18.3 Å². The van der Waals surface area contributed by atoms with E-state index in [2.05, 4.69) is 20.3 Å². The van der Waals surface area contributed by atoms with E-state index < -0.39 is 0 Å². The summed E-state index contributed by atoms with van der Waals surface area (Å²) < 4.78 is 7.43. The van der Waals surface area contributed by atoms with Crippen LogP contribution in [0.1, 0.15) is 22.0 Å². The average Bonchev–Trinajstić information content (AvgIpc) is 3.48. The summed E-state index contributed by atoms with van der Waals surface area (Å²) in [5, 5.41) is 2.92. The van der Waals surface area contributed by atoms with Crippen molar-refractivity contribution in [3.63, 3.8) is 0 Å². The Morgan fingerprint density at radius 2 is 1.93 bits per heavy atom. The van der Waals surface area contributed by atoms with Crippen molar-refractivity contribution >= 4 is 51.2 Å². The number of aryl methyl sites for hydroxylation is 1. The zero-order valence-electron chi connectivity index (χ0n) is 21.7. The van der Waals surface area contributed by atoms with E-state index in [1.54, 1.807) is 17.0 Å². The van der Waals surface area contributed by atoms with Crippen LogP contribution in [-0.4, -0.2) is 57.0 Å². The second-order valence-corrected chi connectivity index (χ2v) is 9.45. The lowest BCUT2D eigenvalue weighted by molar-refractivity contribution is -0.121. The minimum absolute atomic E-state index is 0.00943.